The third-order valence-electron chi connectivity index (χ3n) is 3.97. The number of hydrogen-bond acceptors (Lipinski definition) is 4. The number of benzene rings is 2. The minimum Gasteiger partial charge on any atom is -0.493 e. The van der Waals surface area contributed by atoms with Crippen molar-refractivity contribution in [2.45, 2.75) is 19.4 Å². The van der Waals surface area contributed by atoms with E-state index in [1.54, 1.807) is 14.2 Å². The number of thioether (sulfide) groups is 1. The first kappa shape index (κ1) is 24.4. The Kier molecular flexibility index (Phi) is 12.6. The van der Waals surface area contributed by atoms with Crippen LogP contribution in [0.25, 0.3) is 0 Å². The predicted molar refractivity (Wildman–Crippen MR) is 131 cm³/mol. The highest BCUT2D eigenvalue weighted by molar-refractivity contribution is 14.0. The summed E-state index contributed by atoms with van der Waals surface area (Å²) in [6.45, 7) is 1.64. The minimum absolute atomic E-state index is 0. The molecule has 0 amide bonds. The van der Waals surface area contributed by atoms with Gasteiger partial charge < -0.3 is 20.1 Å². The van der Waals surface area contributed by atoms with Crippen LogP contribution < -0.4 is 20.1 Å². The summed E-state index contributed by atoms with van der Waals surface area (Å²) in [4.78, 5) is 4.26. The van der Waals surface area contributed by atoms with Crippen molar-refractivity contribution in [1.29, 1.82) is 0 Å². The van der Waals surface area contributed by atoms with Crippen molar-refractivity contribution in [3.8, 4) is 17.2 Å². The molecule has 0 unspecified atom stereocenters. The Labute approximate surface area is 189 Å². The van der Waals surface area contributed by atoms with Crippen LogP contribution in [-0.2, 0) is 6.54 Å². The Hall–Kier alpha value is -1.61. The van der Waals surface area contributed by atoms with E-state index in [1.165, 1.54) is 12.2 Å². The molecule has 0 saturated heterocycles. The zero-order valence-corrected chi connectivity index (χ0v) is 19.9. The van der Waals surface area contributed by atoms with Crippen LogP contribution in [-0.4, -0.2) is 38.7 Å². The van der Waals surface area contributed by atoms with Crippen LogP contribution in [0.4, 0.5) is 0 Å². The van der Waals surface area contributed by atoms with E-state index in [2.05, 4.69) is 21.9 Å². The number of methoxy groups -OCH3 is 1. The maximum Gasteiger partial charge on any atom is 0.191 e. The molecular weight excluding hydrogens is 485 g/mol. The van der Waals surface area contributed by atoms with E-state index in [1.807, 2.05) is 60.3 Å². The predicted octanol–water partition coefficient (Wildman–Crippen LogP) is 4.91. The van der Waals surface area contributed by atoms with Crippen LogP contribution in [0.5, 0.6) is 17.2 Å². The van der Waals surface area contributed by atoms with Crippen molar-refractivity contribution in [2.24, 2.45) is 4.99 Å². The first-order valence-corrected chi connectivity index (χ1v) is 10.5. The summed E-state index contributed by atoms with van der Waals surface area (Å²) in [5.74, 6) is 4.23. The Morgan fingerprint density at radius 2 is 1.71 bits per heavy atom. The van der Waals surface area contributed by atoms with Crippen LogP contribution in [0.1, 0.15) is 18.4 Å². The van der Waals surface area contributed by atoms with Crippen molar-refractivity contribution in [3.63, 3.8) is 0 Å². The molecule has 0 saturated carbocycles. The molecule has 2 rings (SSSR count). The lowest BCUT2D eigenvalue weighted by Gasteiger charge is -2.13. The Morgan fingerprint density at radius 1 is 1.00 bits per heavy atom. The molecule has 2 N–H and O–H groups in total. The van der Waals surface area contributed by atoms with Gasteiger partial charge in [-0.15, -0.1) is 24.0 Å². The molecule has 0 radical (unpaired) electrons. The number of unbranched alkanes of at least 4 members (excludes halogenated alkanes) is 1. The number of para-hydroxylation sites is 2. The summed E-state index contributed by atoms with van der Waals surface area (Å²) in [6, 6.07) is 15.6. The molecule has 0 atom stereocenters. The minimum atomic E-state index is 0. The quantitative estimate of drug-likeness (QED) is 0.204. The van der Waals surface area contributed by atoms with Crippen LogP contribution in [0.2, 0.25) is 0 Å². The summed E-state index contributed by atoms with van der Waals surface area (Å²) < 4.78 is 11.2. The number of guanidine groups is 1. The van der Waals surface area contributed by atoms with Gasteiger partial charge in [0.1, 0.15) is 5.75 Å². The van der Waals surface area contributed by atoms with Gasteiger partial charge in [0.2, 0.25) is 0 Å². The molecule has 0 aromatic heterocycles. The lowest BCUT2D eigenvalue weighted by Crippen LogP contribution is -2.37. The average molecular weight is 515 g/mol. The first-order chi connectivity index (χ1) is 13.3. The SMILES string of the molecule is CN=C(NCCCCSC)NCc1ccc(Oc2ccccc2OC)cc1.I. The first-order valence-electron chi connectivity index (χ1n) is 9.10. The van der Waals surface area contributed by atoms with E-state index in [-0.39, 0.29) is 24.0 Å². The van der Waals surface area contributed by atoms with Crippen molar-refractivity contribution < 1.29 is 9.47 Å². The second kappa shape index (κ2) is 14.4. The topological polar surface area (TPSA) is 54.9 Å². The normalized spacial score (nSPS) is 10.8. The van der Waals surface area contributed by atoms with Crippen LogP contribution >= 0.6 is 35.7 Å². The molecule has 0 fully saturated rings. The number of halogens is 1. The summed E-state index contributed by atoms with van der Waals surface area (Å²) in [6.07, 6.45) is 4.51. The second-order valence-corrected chi connectivity index (χ2v) is 6.93. The van der Waals surface area contributed by atoms with Gasteiger partial charge in [0.05, 0.1) is 7.11 Å². The third-order valence-corrected chi connectivity index (χ3v) is 4.67. The van der Waals surface area contributed by atoms with Gasteiger partial charge in [0, 0.05) is 20.1 Å². The summed E-state index contributed by atoms with van der Waals surface area (Å²) in [7, 11) is 3.43. The fourth-order valence-corrected chi connectivity index (χ4v) is 2.98. The molecule has 0 bridgehead atoms. The molecule has 0 spiro atoms. The maximum atomic E-state index is 5.90. The number of aliphatic imine (C=N–C) groups is 1. The highest BCUT2D eigenvalue weighted by atomic mass is 127. The highest BCUT2D eigenvalue weighted by Crippen LogP contribution is 2.30. The van der Waals surface area contributed by atoms with E-state index in [0.29, 0.717) is 12.3 Å². The van der Waals surface area contributed by atoms with Gasteiger partial charge in [-0.2, -0.15) is 11.8 Å². The van der Waals surface area contributed by atoms with Crippen molar-refractivity contribution in [3.05, 3.63) is 54.1 Å². The van der Waals surface area contributed by atoms with Crippen LogP contribution in [0.3, 0.4) is 0 Å². The molecule has 7 heteroatoms. The molecule has 28 heavy (non-hydrogen) atoms. The molecule has 0 aliphatic carbocycles. The van der Waals surface area contributed by atoms with Crippen molar-refractivity contribution >= 4 is 41.7 Å². The van der Waals surface area contributed by atoms with E-state index in [4.69, 9.17) is 9.47 Å². The van der Waals surface area contributed by atoms with E-state index in [0.717, 1.165) is 36.0 Å². The number of ether oxygens (including phenoxy) is 2. The Bertz CT molecular complexity index is 711. The van der Waals surface area contributed by atoms with E-state index < -0.39 is 0 Å². The standard InChI is InChI=1S/C21H29N3O2S.HI/c1-22-21(23-14-6-7-15-27-3)24-16-17-10-12-18(13-11-17)26-20-9-5-4-8-19(20)25-2;/h4-5,8-13H,6-7,14-16H2,1-3H3,(H2,22,23,24);1H. The number of nitrogens with zero attached hydrogens (tertiary/aromatic N) is 1. The molecule has 5 nitrogen and oxygen atoms in total. The molecule has 0 aliphatic heterocycles. The van der Waals surface area contributed by atoms with E-state index in [9.17, 15) is 0 Å². The summed E-state index contributed by atoms with van der Waals surface area (Å²) in [5, 5.41) is 6.68. The highest BCUT2D eigenvalue weighted by Gasteiger charge is 2.04. The van der Waals surface area contributed by atoms with Gasteiger partial charge in [-0.05, 0) is 54.7 Å². The van der Waals surface area contributed by atoms with Crippen LogP contribution in [0, 0.1) is 0 Å². The van der Waals surface area contributed by atoms with Gasteiger partial charge in [0.25, 0.3) is 0 Å². The van der Waals surface area contributed by atoms with Gasteiger partial charge in [-0.1, -0.05) is 24.3 Å². The number of hydrogen-bond donors (Lipinski definition) is 2. The molecule has 2 aromatic carbocycles. The van der Waals surface area contributed by atoms with Crippen molar-refractivity contribution in [1.82, 2.24) is 10.6 Å². The summed E-state index contributed by atoms with van der Waals surface area (Å²) >= 11 is 1.89. The average Bonchev–Trinajstić information content (AvgIpc) is 2.71. The molecule has 154 valence electrons. The monoisotopic (exact) mass is 515 g/mol. The van der Waals surface area contributed by atoms with E-state index >= 15 is 0 Å². The molecule has 0 aliphatic rings. The zero-order chi connectivity index (χ0) is 19.3. The lowest BCUT2D eigenvalue weighted by atomic mass is 10.2. The molecular formula is C21H30IN3O2S. The summed E-state index contributed by atoms with van der Waals surface area (Å²) in [5.41, 5.74) is 1.16. The molecule has 2 aromatic rings. The second-order valence-electron chi connectivity index (χ2n) is 5.95. The van der Waals surface area contributed by atoms with Crippen molar-refractivity contribution in [2.75, 3.05) is 32.7 Å². The third kappa shape index (κ3) is 8.60. The van der Waals surface area contributed by atoms with Crippen LogP contribution in [0.15, 0.2) is 53.5 Å². The fourth-order valence-electron chi connectivity index (χ4n) is 2.49. The van der Waals surface area contributed by atoms with Gasteiger partial charge in [0.15, 0.2) is 17.5 Å². The number of rotatable bonds is 10. The van der Waals surface area contributed by atoms with Gasteiger partial charge in [-0.25, -0.2) is 0 Å². The largest absolute Gasteiger partial charge is 0.493 e. The smallest absolute Gasteiger partial charge is 0.191 e. The molecule has 0 heterocycles. The number of nitrogens with one attached hydrogen (secondary N) is 2. The Balaban J connectivity index is 0.00000392. The maximum absolute atomic E-state index is 5.90. The van der Waals surface area contributed by atoms with Gasteiger partial charge >= 0.3 is 0 Å². The fraction of sp³-hybridized carbons (Fsp3) is 0.381. The zero-order valence-electron chi connectivity index (χ0n) is 16.7. The lowest BCUT2D eigenvalue weighted by molar-refractivity contribution is 0.379. The van der Waals surface area contributed by atoms with Gasteiger partial charge in [-0.3, -0.25) is 4.99 Å². The Morgan fingerprint density at radius 3 is 2.36 bits per heavy atom.